The van der Waals surface area contributed by atoms with Crippen molar-refractivity contribution >= 4 is 11.4 Å². The first-order chi connectivity index (χ1) is 7.63. The maximum Gasteiger partial charge on any atom is 0.279 e. The van der Waals surface area contributed by atoms with Crippen molar-refractivity contribution in [2.45, 2.75) is 0 Å². The third-order valence-electron chi connectivity index (χ3n) is 2.41. The van der Waals surface area contributed by atoms with E-state index in [0.717, 1.165) is 5.06 Å². The van der Waals surface area contributed by atoms with E-state index in [-0.39, 0.29) is 11.7 Å². The minimum atomic E-state index is -0.345. The number of rotatable bonds is 2. The molecule has 0 bridgehead atoms. The molecule has 4 nitrogen and oxygen atoms in total. The molecule has 0 saturated heterocycles. The van der Waals surface area contributed by atoms with Crippen LogP contribution in [0.4, 0.5) is 4.39 Å². The molecule has 0 aliphatic heterocycles. The highest BCUT2D eigenvalue weighted by molar-refractivity contribution is 6.00. The lowest BCUT2D eigenvalue weighted by atomic mass is 10.2. The highest BCUT2D eigenvalue weighted by atomic mass is 19.1. The van der Waals surface area contributed by atoms with E-state index < -0.39 is 0 Å². The predicted molar refractivity (Wildman–Crippen MR) is 56.5 cm³/mol. The predicted octanol–water partition coefficient (Wildman–Crippen LogP) is 1.71. The monoisotopic (exact) mass is 222 g/mol. The van der Waals surface area contributed by atoms with Crippen LogP contribution in [0.1, 0.15) is 10.4 Å². The highest BCUT2D eigenvalue weighted by Gasteiger charge is 2.15. The van der Waals surface area contributed by atoms with Gasteiger partial charge in [-0.05, 0) is 18.2 Å². The standard InChI is InChI=1S/C11H11FN2O2/c1-13(16-2)11(15)9-5-6-14-7-8(12)3-4-10(9)14/h3-7H,1-2H3. The molecule has 0 atom stereocenters. The van der Waals surface area contributed by atoms with Gasteiger partial charge in [0, 0.05) is 19.4 Å². The second-order valence-corrected chi connectivity index (χ2v) is 3.35. The number of carbonyl (C=O) groups excluding carboxylic acids is 1. The number of fused-ring (bicyclic) bond motifs is 1. The van der Waals surface area contributed by atoms with Crippen LogP contribution >= 0.6 is 0 Å². The van der Waals surface area contributed by atoms with Gasteiger partial charge in [0.05, 0.1) is 18.2 Å². The van der Waals surface area contributed by atoms with E-state index in [1.165, 1.54) is 26.4 Å². The van der Waals surface area contributed by atoms with Crippen molar-refractivity contribution < 1.29 is 14.0 Å². The lowest BCUT2D eigenvalue weighted by Crippen LogP contribution is -2.25. The second kappa shape index (κ2) is 3.94. The molecule has 2 rings (SSSR count). The first-order valence-electron chi connectivity index (χ1n) is 4.72. The van der Waals surface area contributed by atoms with Gasteiger partial charge in [-0.3, -0.25) is 9.63 Å². The fourth-order valence-electron chi connectivity index (χ4n) is 1.52. The number of hydrogen-bond acceptors (Lipinski definition) is 2. The van der Waals surface area contributed by atoms with Gasteiger partial charge in [-0.2, -0.15) is 0 Å². The summed E-state index contributed by atoms with van der Waals surface area (Å²) < 4.78 is 14.5. The van der Waals surface area contributed by atoms with Gasteiger partial charge in [-0.15, -0.1) is 0 Å². The first kappa shape index (κ1) is 10.6. The number of carbonyl (C=O) groups is 1. The molecule has 0 saturated carbocycles. The number of halogens is 1. The Hall–Kier alpha value is -1.88. The quantitative estimate of drug-likeness (QED) is 0.725. The molecule has 0 aliphatic carbocycles. The maximum absolute atomic E-state index is 12.9. The molecule has 2 aromatic rings. The summed E-state index contributed by atoms with van der Waals surface area (Å²) in [7, 11) is 2.94. The molecule has 0 aromatic carbocycles. The average molecular weight is 222 g/mol. The summed E-state index contributed by atoms with van der Waals surface area (Å²) in [6.45, 7) is 0. The van der Waals surface area contributed by atoms with Crippen molar-refractivity contribution in [1.29, 1.82) is 0 Å². The minimum absolute atomic E-state index is 0.267. The molecule has 0 N–H and O–H groups in total. The van der Waals surface area contributed by atoms with Gasteiger partial charge in [0.2, 0.25) is 0 Å². The zero-order chi connectivity index (χ0) is 11.7. The molecule has 0 fully saturated rings. The van der Waals surface area contributed by atoms with E-state index in [2.05, 4.69) is 0 Å². The zero-order valence-electron chi connectivity index (χ0n) is 8.98. The summed E-state index contributed by atoms with van der Waals surface area (Å²) in [6.07, 6.45) is 2.95. The molecule has 0 radical (unpaired) electrons. The van der Waals surface area contributed by atoms with E-state index in [0.29, 0.717) is 11.1 Å². The molecule has 1 amide bonds. The Morgan fingerprint density at radius 2 is 2.19 bits per heavy atom. The Morgan fingerprint density at radius 3 is 2.88 bits per heavy atom. The van der Waals surface area contributed by atoms with Gasteiger partial charge in [0.15, 0.2) is 0 Å². The summed E-state index contributed by atoms with van der Waals surface area (Å²) in [4.78, 5) is 16.6. The summed E-state index contributed by atoms with van der Waals surface area (Å²) in [5, 5.41) is 1.12. The van der Waals surface area contributed by atoms with E-state index >= 15 is 0 Å². The summed E-state index contributed by atoms with van der Waals surface area (Å²) >= 11 is 0. The molecule has 0 aliphatic rings. The van der Waals surface area contributed by atoms with Crippen molar-refractivity contribution in [2.75, 3.05) is 14.2 Å². The molecule has 2 heterocycles. The third kappa shape index (κ3) is 1.65. The van der Waals surface area contributed by atoms with E-state index in [1.807, 2.05) is 0 Å². The maximum atomic E-state index is 12.9. The number of nitrogens with zero attached hydrogens (tertiary/aromatic N) is 2. The number of aromatic nitrogens is 1. The molecule has 84 valence electrons. The molecule has 5 heteroatoms. The molecule has 0 unspecified atom stereocenters. The summed E-state index contributed by atoms with van der Waals surface area (Å²) in [6, 6.07) is 4.51. The molecular formula is C11H11FN2O2. The zero-order valence-corrected chi connectivity index (χ0v) is 8.98. The highest BCUT2D eigenvalue weighted by Crippen LogP contribution is 2.15. The lowest BCUT2D eigenvalue weighted by Gasteiger charge is -2.12. The fraction of sp³-hybridized carbons (Fsp3) is 0.182. The van der Waals surface area contributed by atoms with Crippen molar-refractivity contribution in [1.82, 2.24) is 9.46 Å². The van der Waals surface area contributed by atoms with Crippen LogP contribution in [0.15, 0.2) is 30.6 Å². The van der Waals surface area contributed by atoms with Crippen LogP contribution in [0.3, 0.4) is 0 Å². The Morgan fingerprint density at radius 1 is 1.44 bits per heavy atom. The van der Waals surface area contributed by atoms with Crippen LogP contribution in [0.2, 0.25) is 0 Å². The molecule has 0 spiro atoms. The number of pyridine rings is 1. The Bertz CT molecular complexity index is 536. The Kier molecular flexibility index (Phi) is 2.62. The van der Waals surface area contributed by atoms with Gasteiger partial charge in [-0.1, -0.05) is 0 Å². The lowest BCUT2D eigenvalue weighted by molar-refractivity contribution is -0.0755. The fourth-order valence-corrected chi connectivity index (χ4v) is 1.52. The number of amides is 1. The van der Waals surface area contributed by atoms with Gasteiger partial charge in [0.1, 0.15) is 5.82 Å². The van der Waals surface area contributed by atoms with Crippen LogP contribution in [0.5, 0.6) is 0 Å². The number of hydroxylamine groups is 2. The van der Waals surface area contributed by atoms with Crippen LogP contribution in [-0.2, 0) is 4.84 Å². The normalized spacial score (nSPS) is 10.7. The van der Waals surface area contributed by atoms with Gasteiger partial charge < -0.3 is 4.40 Å². The van der Waals surface area contributed by atoms with Crippen molar-refractivity contribution in [2.24, 2.45) is 0 Å². The van der Waals surface area contributed by atoms with Crippen LogP contribution < -0.4 is 0 Å². The summed E-state index contributed by atoms with van der Waals surface area (Å²) in [5.74, 6) is -0.612. The Labute approximate surface area is 91.8 Å². The smallest absolute Gasteiger partial charge is 0.279 e. The van der Waals surface area contributed by atoms with Crippen molar-refractivity contribution in [3.05, 3.63) is 42.0 Å². The van der Waals surface area contributed by atoms with E-state index in [1.54, 1.807) is 22.7 Å². The van der Waals surface area contributed by atoms with Gasteiger partial charge >= 0.3 is 0 Å². The third-order valence-corrected chi connectivity index (χ3v) is 2.41. The molecule has 16 heavy (non-hydrogen) atoms. The van der Waals surface area contributed by atoms with Crippen LogP contribution in [0.25, 0.3) is 5.52 Å². The van der Waals surface area contributed by atoms with Gasteiger partial charge in [0.25, 0.3) is 5.91 Å². The van der Waals surface area contributed by atoms with E-state index in [9.17, 15) is 9.18 Å². The average Bonchev–Trinajstić information content (AvgIpc) is 2.69. The van der Waals surface area contributed by atoms with E-state index in [4.69, 9.17) is 4.84 Å². The van der Waals surface area contributed by atoms with Crippen molar-refractivity contribution in [3.8, 4) is 0 Å². The van der Waals surface area contributed by atoms with Crippen molar-refractivity contribution in [3.63, 3.8) is 0 Å². The minimum Gasteiger partial charge on any atom is -0.320 e. The second-order valence-electron chi connectivity index (χ2n) is 3.35. The largest absolute Gasteiger partial charge is 0.320 e. The molecular weight excluding hydrogens is 211 g/mol. The topological polar surface area (TPSA) is 34.0 Å². The van der Waals surface area contributed by atoms with Crippen LogP contribution in [0, 0.1) is 5.82 Å². The first-order valence-corrected chi connectivity index (χ1v) is 4.72. The van der Waals surface area contributed by atoms with Gasteiger partial charge in [-0.25, -0.2) is 9.45 Å². The molecule has 2 aromatic heterocycles. The Balaban J connectivity index is 2.50. The van der Waals surface area contributed by atoms with Crippen LogP contribution in [-0.4, -0.2) is 29.5 Å². The number of hydrogen-bond donors (Lipinski definition) is 0. The SMILES string of the molecule is CON(C)C(=O)c1ccn2cc(F)ccc12. The summed E-state index contributed by atoms with van der Waals surface area (Å²) in [5.41, 5.74) is 1.12.